The van der Waals surface area contributed by atoms with Crippen LogP contribution in [0.1, 0.15) is 5.56 Å². The van der Waals surface area contributed by atoms with Crippen LogP contribution < -0.4 is 5.73 Å². The second-order valence-electron chi connectivity index (χ2n) is 4.65. The molecule has 0 fully saturated rings. The third-order valence-electron chi connectivity index (χ3n) is 3.14. The van der Waals surface area contributed by atoms with Gasteiger partial charge in [0, 0.05) is 11.8 Å². The fourth-order valence-corrected chi connectivity index (χ4v) is 2.15. The Bertz CT molecular complexity index is 808. The number of nitrogens with two attached hydrogens (primary N) is 1. The highest BCUT2D eigenvalue weighted by atomic mass is 19.4. The molecule has 0 saturated carbocycles. The van der Waals surface area contributed by atoms with Crippen LogP contribution in [0, 0.1) is 0 Å². The van der Waals surface area contributed by atoms with E-state index < -0.39 is 11.7 Å². The highest BCUT2D eigenvalue weighted by molar-refractivity contribution is 5.64. The lowest BCUT2D eigenvalue weighted by Crippen LogP contribution is -2.07. The average molecular weight is 304 g/mol. The molecule has 0 amide bonds. The second kappa shape index (κ2) is 5.18. The van der Waals surface area contributed by atoms with E-state index >= 15 is 0 Å². The van der Waals surface area contributed by atoms with Crippen LogP contribution in [-0.4, -0.2) is 14.8 Å². The van der Waals surface area contributed by atoms with Crippen molar-refractivity contribution in [3.63, 3.8) is 0 Å². The third-order valence-corrected chi connectivity index (χ3v) is 3.14. The zero-order valence-electron chi connectivity index (χ0n) is 11.2. The summed E-state index contributed by atoms with van der Waals surface area (Å²) in [4.78, 5) is 3.90. The first-order valence-electron chi connectivity index (χ1n) is 6.39. The van der Waals surface area contributed by atoms with E-state index in [1.807, 2.05) is 0 Å². The first-order chi connectivity index (χ1) is 10.4. The third kappa shape index (κ3) is 2.65. The number of pyridine rings is 1. The zero-order valence-corrected chi connectivity index (χ0v) is 11.2. The second-order valence-corrected chi connectivity index (χ2v) is 4.65. The van der Waals surface area contributed by atoms with E-state index in [2.05, 4.69) is 10.1 Å². The maximum Gasteiger partial charge on any atom is 0.416 e. The summed E-state index contributed by atoms with van der Waals surface area (Å²) >= 11 is 0. The summed E-state index contributed by atoms with van der Waals surface area (Å²) in [7, 11) is 0. The van der Waals surface area contributed by atoms with E-state index in [1.165, 1.54) is 23.1 Å². The van der Waals surface area contributed by atoms with Gasteiger partial charge in [-0.3, -0.25) is 0 Å². The van der Waals surface area contributed by atoms with Crippen LogP contribution in [0.5, 0.6) is 0 Å². The number of aromatic nitrogens is 3. The van der Waals surface area contributed by atoms with Crippen LogP contribution >= 0.6 is 0 Å². The Balaban J connectivity index is 2.10. The van der Waals surface area contributed by atoms with Crippen molar-refractivity contribution in [3.8, 4) is 16.9 Å². The number of benzene rings is 1. The monoisotopic (exact) mass is 304 g/mol. The Kier molecular flexibility index (Phi) is 3.32. The van der Waals surface area contributed by atoms with Gasteiger partial charge < -0.3 is 5.73 Å². The highest BCUT2D eigenvalue weighted by Gasteiger charge is 2.30. The standard InChI is InChI=1S/C15H11F3N4/c16-15(17,18)11-2-1-3-12(9-11)22-13(5-7-21-22)10-4-6-20-14(19)8-10/h1-9H,(H2,19,20). The quantitative estimate of drug-likeness (QED) is 0.788. The van der Waals surface area contributed by atoms with Gasteiger partial charge in [0.1, 0.15) is 5.82 Å². The number of halogens is 3. The van der Waals surface area contributed by atoms with E-state index in [0.717, 1.165) is 17.7 Å². The van der Waals surface area contributed by atoms with Crippen molar-refractivity contribution in [3.05, 3.63) is 60.4 Å². The number of hydrogen-bond acceptors (Lipinski definition) is 3. The molecule has 0 saturated heterocycles. The number of alkyl halides is 3. The summed E-state index contributed by atoms with van der Waals surface area (Å²) in [5.74, 6) is 0.328. The van der Waals surface area contributed by atoms with Crippen LogP contribution in [0.4, 0.5) is 19.0 Å². The molecule has 2 N–H and O–H groups in total. The highest BCUT2D eigenvalue weighted by Crippen LogP contribution is 2.31. The van der Waals surface area contributed by atoms with E-state index in [-0.39, 0.29) is 0 Å². The number of rotatable bonds is 2. The fraction of sp³-hybridized carbons (Fsp3) is 0.0667. The molecule has 0 atom stereocenters. The van der Waals surface area contributed by atoms with Crippen molar-refractivity contribution in [1.82, 2.24) is 14.8 Å². The molecule has 3 rings (SSSR count). The Morgan fingerprint density at radius 1 is 1.00 bits per heavy atom. The Hall–Kier alpha value is -2.83. The van der Waals surface area contributed by atoms with Crippen molar-refractivity contribution in [2.24, 2.45) is 0 Å². The summed E-state index contributed by atoms with van der Waals surface area (Å²) in [6, 6.07) is 10.1. The van der Waals surface area contributed by atoms with Crippen LogP contribution in [0.15, 0.2) is 54.9 Å². The zero-order chi connectivity index (χ0) is 15.7. The Morgan fingerprint density at radius 3 is 2.55 bits per heavy atom. The molecular weight excluding hydrogens is 293 g/mol. The molecule has 7 heteroatoms. The van der Waals surface area contributed by atoms with Gasteiger partial charge in [0.05, 0.1) is 23.1 Å². The summed E-state index contributed by atoms with van der Waals surface area (Å²) in [6.45, 7) is 0. The number of hydrogen-bond donors (Lipinski definition) is 1. The summed E-state index contributed by atoms with van der Waals surface area (Å²) < 4.78 is 39.9. The van der Waals surface area contributed by atoms with Gasteiger partial charge in [0.2, 0.25) is 0 Å². The van der Waals surface area contributed by atoms with Gasteiger partial charge in [-0.2, -0.15) is 18.3 Å². The van der Waals surface area contributed by atoms with Crippen LogP contribution in [0.3, 0.4) is 0 Å². The molecule has 2 aromatic heterocycles. The number of nitrogens with zero attached hydrogens (tertiary/aromatic N) is 3. The minimum Gasteiger partial charge on any atom is -0.384 e. The molecule has 0 aliphatic carbocycles. The van der Waals surface area contributed by atoms with Crippen molar-refractivity contribution in [2.75, 3.05) is 5.73 Å². The molecule has 0 bridgehead atoms. The molecule has 3 aromatic rings. The lowest BCUT2D eigenvalue weighted by Gasteiger charge is -2.11. The lowest BCUT2D eigenvalue weighted by molar-refractivity contribution is -0.137. The van der Waals surface area contributed by atoms with E-state index in [4.69, 9.17) is 5.73 Å². The fourth-order valence-electron chi connectivity index (χ4n) is 2.15. The summed E-state index contributed by atoms with van der Waals surface area (Å²) in [6.07, 6.45) is -1.34. The minimum absolute atomic E-state index is 0.324. The number of nitrogen functional groups attached to an aromatic ring is 1. The molecular formula is C15H11F3N4. The molecule has 4 nitrogen and oxygen atoms in total. The number of anilines is 1. The first kappa shape index (κ1) is 14.1. The molecule has 0 aliphatic heterocycles. The molecule has 0 radical (unpaired) electrons. The first-order valence-corrected chi connectivity index (χ1v) is 6.39. The van der Waals surface area contributed by atoms with E-state index in [1.54, 1.807) is 24.3 Å². The largest absolute Gasteiger partial charge is 0.416 e. The van der Waals surface area contributed by atoms with Crippen molar-refractivity contribution in [2.45, 2.75) is 6.18 Å². The normalized spacial score (nSPS) is 11.6. The minimum atomic E-state index is -4.40. The van der Waals surface area contributed by atoms with Crippen molar-refractivity contribution >= 4 is 5.82 Å². The smallest absolute Gasteiger partial charge is 0.384 e. The van der Waals surface area contributed by atoms with Gasteiger partial charge in [0.15, 0.2) is 0 Å². The van der Waals surface area contributed by atoms with Gasteiger partial charge in [-0.25, -0.2) is 9.67 Å². The van der Waals surface area contributed by atoms with E-state index in [9.17, 15) is 13.2 Å². The van der Waals surface area contributed by atoms with Gasteiger partial charge in [-0.15, -0.1) is 0 Å². The van der Waals surface area contributed by atoms with Crippen LogP contribution in [-0.2, 0) is 6.18 Å². The maximum atomic E-state index is 12.8. The molecule has 2 heterocycles. The summed E-state index contributed by atoms with van der Waals surface area (Å²) in [5.41, 5.74) is 6.61. The molecule has 112 valence electrons. The average Bonchev–Trinajstić information content (AvgIpc) is 2.96. The predicted molar refractivity (Wildman–Crippen MR) is 76.2 cm³/mol. The van der Waals surface area contributed by atoms with Gasteiger partial charge in [0.25, 0.3) is 0 Å². The molecule has 0 aliphatic rings. The van der Waals surface area contributed by atoms with Gasteiger partial charge >= 0.3 is 6.18 Å². The predicted octanol–water partition coefficient (Wildman–Crippen LogP) is 3.54. The molecule has 0 unspecified atom stereocenters. The Labute approximate surface area is 124 Å². The SMILES string of the molecule is Nc1cc(-c2ccnn2-c2cccc(C(F)(F)F)c2)ccn1. The molecule has 1 aromatic carbocycles. The summed E-state index contributed by atoms with van der Waals surface area (Å²) in [5, 5.41) is 4.10. The van der Waals surface area contributed by atoms with Crippen LogP contribution in [0.2, 0.25) is 0 Å². The van der Waals surface area contributed by atoms with E-state index in [0.29, 0.717) is 17.2 Å². The lowest BCUT2D eigenvalue weighted by atomic mass is 10.1. The Morgan fingerprint density at radius 2 is 1.82 bits per heavy atom. The van der Waals surface area contributed by atoms with Crippen molar-refractivity contribution < 1.29 is 13.2 Å². The van der Waals surface area contributed by atoms with Gasteiger partial charge in [-0.1, -0.05) is 6.07 Å². The van der Waals surface area contributed by atoms with Crippen LogP contribution in [0.25, 0.3) is 16.9 Å². The molecule has 0 spiro atoms. The maximum absolute atomic E-state index is 12.8. The topological polar surface area (TPSA) is 56.7 Å². The molecule has 22 heavy (non-hydrogen) atoms. The van der Waals surface area contributed by atoms with Crippen molar-refractivity contribution in [1.29, 1.82) is 0 Å². The van der Waals surface area contributed by atoms with Gasteiger partial charge in [-0.05, 0) is 36.4 Å².